The summed E-state index contributed by atoms with van der Waals surface area (Å²) in [7, 11) is 0. The third kappa shape index (κ3) is 43.5. The van der Waals surface area contributed by atoms with E-state index in [0.29, 0.717) is 19.3 Å². The molecule has 0 saturated carbocycles. The summed E-state index contributed by atoms with van der Waals surface area (Å²) in [5.74, 6) is -0.693. The summed E-state index contributed by atoms with van der Waals surface area (Å²) in [6.45, 7) is 3.51. The third-order valence-electron chi connectivity index (χ3n) is 16.8. The highest BCUT2D eigenvalue weighted by atomic mass is 16.7. The molecule has 11 nitrogen and oxygen atoms in total. The highest BCUT2D eigenvalue weighted by Gasteiger charge is 2.44. The second kappa shape index (κ2) is 56.3. The molecule has 9 atom stereocenters. The van der Waals surface area contributed by atoms with Crippen molar-refractivity contribution in [2.75, 3.05) is 13.2 Å². The van der Waals surface area contributed by atoms with Gasteiger partial charge >= 0.3 is 0 Å². The average Bonchev–Trinajstić information content (AvgIpc) is 3.46. The molecular formula is C67H131NO10. The predicted octanol–water partition coefficient (Wildman–Crippen LogP) is 15.9. The smallest absolute Gasteiger partial charge is 0.249 e. The fourth-order valence-electron chi connectivity index (χ4n) is 11.3. The van der Waals surface area contributed by atoms with Crippen molar-refractivity contribution < 1.29 is 50.0 Å². The van der Waals surface area contributed by atoms with Gasteiger partial charge in [-0.05, 0) is 38.5 Å². The molecule has 78 heavy (non-hydrogen) atoms. The van der Waals surface area contributed by atoms with Gasteiger partial charge in [-0.25, -0.2) is 0 Å². The van der Waals surface area contributed by atoms with Crippen molar-refractivity contribution in [3.05, 3.63) is 12.2 Å². The summed E-state index contributed by atoms with van der Waals surface area (Å²) >= 11 is 0. The first-order valence-electron chi connectivity index (χ1n) is 34.1. The number of carbonyl (C=O) groups is 1. The van der Waals surface area contributed by atoms with Crippen molar-refractivity contribution in [1.29, 1.82) is 0 Å². The Labute approximate surface area is 481 Å². The van der Waals surface area contributed by atoms with Crippen LogP contribution in [-0.4, -0.2) is 110 Å². The van der Waals surface area contributed by atoms with Gasteiger partial charge in [-0.15, -0.1) is 0 Å². The molecule has 0 spiro atoms. The minimum absolute atomic E-state index is 0.258. The Bertz CT molecular complexity index is 1270. The van der Waals surface area contributed by atoms with Crippen LogP contribution in [0.4, 0.5) is 0 Å². The molecule has 0 aromatic rings. The van der Waals surface area contributed by atoms with Crippen molar-refractivity contribution in [3.63, 3.8) is 0 Å². The Morgan fingerprint density at radius 3 is 1.08 bits per heavy atom. The van der Waals surface area contributed by atoms with Crippen LogP contribution in [0.25, 0.3) is 0 Å². The van der Waals surface area contributed by atoms with Gasteiger partial charge < -0.3 is 50.5 Å². The number of aliphatic hydroxyl groups is 7. The molecule has 0 bridgehead atoms. The first-order valence-corrected chi connectivity index (χ1v) is 34.1. The zero-order valence-electron chi connectivity index (χ0n) is 51.2. The molecule has 1 aliphatic rings. The fourth-order valence-corrected chi connectivity index (χ4v) is 11.3. The first-order chi connectivity index (χ1) is 38.2. The number of allylic oxidation sites excluding steroid dienone is 2. The van der Waals surface area contributed by atoms with Crippen LogP contribution in [0, 0.1) is 0 Å². The van der Waals surface area contributed by atoms with Crippen molar-refractivity contribution in [2.24, 2.45) is 0 Å². The van der Waals surface area contributed by atoms with Crippen LogP contribution in [-0.2, 0) is 14.3 Å². The van der Waals surface area contributed by atoms with E-state index >= 15 is 0 Å². The zero-order chi connectivity index (χ0) is 56.8. The van der Waals surface area contributed by atoms with E-state index in [0.717, 1.165) is 44.9 Å². The van der Waals surface area contributed by atoms with E-state index in [4.69, 9.17) is 9.47 Å². The normalized spacial score (nSPS) is 19.4. The third-order valence-corrected chi connectivity index (χ3v) is 16.8. The van der Waals surface area contributed by atoms with Gasteiger partial charge in [0, 0.05) is 0 Å². The molecule has 0 aromatic heterocycles. The number of unbranched alkanes of at least 4 members (excludes halogenated alkanes) is 46. The van der Waals surface area contributed by atoms with Crippen LogP contribution < -0.4 is 5.32 Å². The zero-order valence-corrected chi connectivity index (χ0v) is 51.2. The van der Waals surface area contributed by atoms with E-state index < -0.39 is 74.2 Å². The molecule has 1 heterocycles. The van der Waals surface area contributed by atoms with Gasteiger partial charge in [-0.2, -0.15) is 0 Å². The molecule has 0 radical (unpaired) electrons. The molecule has 1 aliphatic heterocycles. The van der Waals surface area contributed by atoms with Crippen molar-refractivity contribution >= 4 is 5.91 Å². The maximum absolute atomic E-state index is 13.2. The van der Waals surface area contributed by atoms with E-state index in [2.05, 4.69) is 31.3 Å². The molecule has 0 aromatic carbocycles. The second-order valence-corrected chi connectivity index (χ2v) is 24.3. The SMILES string of the molecule is CCCCCCCCCCCCCC/C=C\CCCCCCCCCC(O)C(=O)NC(COC1OC(CO)C(O)C(O)C1O)C(O)C(O)CCCCCCCCCCCCCCCCCCCCCCCCCCCCCC. The van der Waals surface area contributed by atoms with Gasteiger partial charge in [0.1, 0.15) is 36.6 Å². The monoisotopic (exact) mass is 1110 g/mol. The lowest BCUT2D eigenvalue weighted by Gasteiger charge is -2.40. The van der Waals surface area contributed by atoms with Crippen LogP contribution in [0.1, 0.15) is 341 Å². The summed E-state index contributed by atoms with van der Waals surface area (Å²) < 4.78 is 11.2. The number of rotatable bonds is 60. The Morgan fingerprint density at radius 1 is 0.436 bits per heavy atom. The van der Waals surface area contributed by atoms with E-state index in [1.807, 2.05) is 0 Å². The molecule has 1 amide bonds. The Morgan fingerprint density at radius 2 is 0.744 bits per heavy atom. The minimum atomic E-state index is -1.66. The topological polar surface area (TPSA) is 189 Å². The van der Waals surface area contributed by atoms with Crippen molar-refractivity contribution in [2.45, 2.75) is 396 Å². The van der Waals surface area contributed by atoms with Crippen LogP contribution in [0.2, 0.25) is 0 Å². The molecule has 9 unspecified atom stereocenters. The van der Waals surface area contributed by atoms with Gasteiger partial charge in [0.25, 0.3) is 0 Å². The first kappa shape index (κ1) is 74.9. The molecule has 11 heteroatoms. The van der Waals surface area contributed by atoms with E-state index in [9.17, 15) is 40.5 Å². The van der Waals surface area contributed by atoms with Gasteiger partial charge in [-0.3, -0.25) is 4.79 Å². The van der Waals surface area contributed by atoms with Gasteiger partial charge in [0.2, 0.25) is 5.91 Å². The molecule has 1 rings (SSSR count). The van der Waals surface area contributed by atoms with E-state index in [1.54, 1.807) is 0 Å². The number of nitrogens with one attached hydrogen (secondary N) is 1. The molecule has 1 fully saturated rings. The standard InChI is InChI=1S/C67H131NO10/c1-3-5-7-9-11-13-15-17-19-21-23-25-27-28-29-30-31-33-34-36-38-40-42-44-46-48-50-52-54-59(70)62(72)58(57-77-67-65(75)64(74)63(73)61(56-69)78-67)68-66(76)60(71)55-53-51-49-47-45-43-41-39-37-35-32-26-24-22-20-18-16-14-12-10-8-6-4-2/h35,37,58-65,67,69-75H,3-34,36,38-57H2,1-2H3,(H,68,76)/b37-35-. The van der Waals surface area contributed by atoms with E-state index in [1.165, 1.54) is 257 Å². The lowest BCUT2D eigenvalue weighted by atomic mass is 9.98. The minimum Gasteiger partial charge on any atom is -0.394 e. The summed E-state index contributed by atoms with van der Waals surface area (Å²) in [5.41, 5.74) is 0. The van der Waals surface area contributed by atoms with Crippen molar-refractivity contribution in [3.8, 4) is 0 Å². The number of hydrogen-bond acceptors (Lipinski definition) is 10. The largest absolute Gasteiger partial charge is 0.394 e. The summed E-state index contributed by atoms with van der Waals surface area (Å²) in [6, 6.07) is -1.17. The number of amides is 1. The van der Waals surface area contributed by atoms with Gasteiger partial charge in [0.15, 0.2) is 6.29 Å². The molecular weight excluding hydrogens is 979 g/mol. The average molecular weight is 1110 g/mol. The van der Waals surface area contributed by atoms with Crippen LogP contribution >= 0.6 is 0 Å². The number of carbonyl (C=O) groups excluding carboxylic acids is 1. The lowest BCUT2D eigenvalue weighted by Crippen LogP contribution is -2.60. The molecule has 1 saturated heterocycles. The van der Waals surface area contributed by atoms with Crippen LogP contribution in [0.5, 0.6) is 0 Å². The quantitative estimate of drug-likeness (QED) is 0.0215. The predicted molar refractivity (Wildman–Crippen MR) is 326 cm³/mol. The highest BCUT2D eigenvalue weighted by molar-refractivity contribution is 5.80. The van der Waals surface area contributed by atoms with Gasteiger partial charge in [0.05, 0.1) is 25.4 Å². The summed E-state index contributed by atoms with van der Waals surface area (Å²) in [4.78, 5) is 13.2. The summed E-state index contributed by atoms with van der Waals surface area (Å²) in [5, 5.41) is 76.5. The lowest BCUT2D eigenvalue weighted by molar-refractivity contribution is -0.303. The Hall–Kier alpha value is -1.15. The second-order valence-electron chi connectivity index (χ2n) is 24.3. The Balaban J connectivity index is 2.22. The van der Waals surface area contributed by atoms with Crippen molar-refractivity contribution in [1.82, 2.24) is 5.32 Å². The maximum Gasteiger partial charge on any atom is 0.249 e. The highest BCUT2D eigenvalue weighted by Crippen LogP contribution is 2.24. The van der Waals surface area contributed by atoms with Crippen LogP contribution in [0.15, 0.2) is 12.2 Å². The number of hydrogen-bond donors (Lipinski definition) is 8. The molecule has 464 valence electrons. The molecule has 0 aliphatic carbocycles. The number of ether oxygens (including phenoxy) is 2. The fraction of sp³-hybridized carbons (Fsp3) is 0.955. The van der Waals surface area contributed by atoms with Gasteiger partial charge in [-0.1, -0.05) is 315 Å². The molecule has 8 N–H and O–H groups in total. The number of aliphatic hydroxyl groups excluding tert-OH is 7. The van der Waals surface area contributed by atoms with Crippen LogP contribution in [0.3, 0.4) is 0 Å². The summed E-state index contributed by atoms with van der Waals surface area (Å²) in [6.07, 6.45) is 57.1. The maximum atomic E-state index is 13.2. The Kier molecular flexibility index (Phi) is 54.1. The van der Waals surface area contributed by atoms with E-state index in [-0.39, 0.29) is 6.42 Å².